The number of carbonyl (C=O) groups excluding carboxylic acids is 1. The van der Waals surface area contributed by atoms with E-state index >= 15 is 0 Å². The Morgan fingerprint density at radius 2 is 1.89 bits per heavy atom. The second kappa shape index (κ2) is 4.47. The molecule has 3 rings (SSSR count). The summed E-state index contributed by atoms with van der Waals surface area (Å²) in [6.45, 7) is 1.91. The van der Waals surface area contributed by atoms with Crippen molar-refractivity contribution in [1.29, 1.82) is 0 Å². The maximum atomic E-state index is 12.5. The molecule has 0 aromatic rings. The first-order chi connectivity index (χ1) is 8.60. The van der Waals surface area contributed by atoms with Crippen LogP contribution in [0.15, 0.2) is 0 Å². The van der Waals surface area contributed by atoms with Gasteiger partial charge in [0, 0.05) is 25.6 Å². The summed E-state index contributed by atoms with van der Waals surface area (Å²) in [7, 11) is -3.59. The lowest BCUT2D eigenvalue weighted by Crippen LogP contribution is -2.50. The van der Waals surface area contributed by atoms with Gasteiger partial charge in [-0.1, -0.05) is 6.42 Å². The molecule has 2 atom stereocenters. The van der Waals surface area contributed by atoms with Gasteiger partial charge < -0.3 is 5.32 Å². The predicted molar refractivity (Wildman–Crippen MR) is 66.0 cm³/mol. The van der Waals surface area contributed by atoms with E-state index in [-0.39, 0.29) is 18.0 Å². The Morgan fingerprint density at radius 3 is 2.61 bits per heavy atom. The van der Waals surface area contributed by atoms with Crippen molar-refractivity contribution in [2.75, 3.05) is 19.6 Å². The number of amides is 1. The van der Waals surface area contributed by atoms with E-state index in [1.807, 2.05) is 0 Å². The van der Waals surface area contributed by atoms with Gasteiger partial charge in [-0.05, 0) is 25.8 Å². The van der Waals surface area contributed by atoms with Crippen molar-refractivity contribution in [3.63, 3.8) is 0 Å². The molecule has 0 aromatic heterocycles. The van der Waals surface area contributed by atoms with Gasteiger partial charge in [0.2, 0.25) is 5.91 Å². The first-order valence-corrected chi connectivity index (χ1v) is 8.06. The van der Waals surface area contributed by atoms with Gasteiger partial charge in [-0.15, -0.1) is 0 Å². The van der Waals surface area contributed by atoms with E-state index in [1.54, 1.807) is 0 Å². The molecule has 3 heterocycles. The third-order valence-corrected chi connectivity index (χ3v) is 6.13. The number of hydrogen-bond donors (Lipinski definition) is 1. The van der Waals surface area contributed by atoms with E-state index in [0.717, 1.165) is 36.5 Å². The third kappa shape index (κ3) is 1.85. The van der Waals surface area contributed by atoms with E-state index in [1.165, 1.54) is 4.31 Å². The zero-order valence-corrected chi connectivity index (χ0v) is 11.2. The maximum Gasteiger partial charge on any atom is 0.306 e. The predicted octanol–water partition coefficient (Wildman–Crippen LogP) is -0.320. The van der Waals surface area contributed by atoms with E-state index in [9.17, 15) is 13.2 Å². The molecule has 6 nitrogen and oxygen atoms in total. The molecule has 0 spiro atoms. The number of hydrogen-bond acceptors (Lipinski definition) is 4. The Balaban J connectivity index is 1.85. The Labute approximate surface area is 107 Å². The quantitative estimate of drug-likeness (QED) is 0.748. The number of nitrogens with one attached hydrogen (secondary N) is 1. The Kier molecular flexibility index (Phi) is 3.07. The van der Waals surface area contributed by atoms with Crippen molar-refractivity contribution in [3.05, 3.63) is 0 Å². The van der Waals surface area contributed by atoms with Gasteiger partial charge in [0.1, 0.15) is 0 Å². The Bertz CT molecular complexity index is 444. The van der Waals surface area contributed by atoms with Crippen LogP contribution in [0.25, 0.3) is 0 Å². The number of fused-ring (bicyclic) bond motifs is 1. The lowest BCUT2D eigenvalue weighted by atomic mass is 10.1. The average molecular weight is 273 g/mol. The molecule has 3 aliphatic heterocycles. The largest absolute Gasteiger partial charge is 0.311 e. The summed E-state index contributed by atoms with van der Waals surface area (Å²) in [5.41, 5.74) is 0. The van der Waals surface area contributed by atoms with Crippen LogP contribution in [-0.2, 0) is 15.0 Å². The minimum Gasteiger partial charge on any atom is -0.311 e. The number of piperidine rings is 1. The monoisotopic (exact) mass is 273 g/mol. The Morgan fingerprint density at radius 1 is 1.17 bits per heavy atom. The highest BCUT2D eigenvalue weighted by molar-refractivity contribution is 7.87. The van der Waals surface area contributed by atoms with Gasteiger partial charge in [-0.2, -0.15) is 12.7 Å². The van der Waals surface area contributed by atoms with Gasteiger partial charge >= 0.3 is 10.2 Å². The van der Waals surface area contributed by atoms with Crippen LogP contribution in [0.4, 0.5) is 0 Å². The molecule has 0 aliphatic carbocycles. The molecule has 0 bridgehead atoms. The van der Waals surface area contributed by atoms with Gasteiger partial charge in [-0.3, -0.25) is 4.79 Å². The molecular formula is C11H19N3O3S. The Hall–Kier alpha value is -0.660. The minimum atomic E-state index is -3.59. The molecule has 0 radical (unpaired) electrons. The lowest BCUT2D eigenvalue weighted by Gasteiger charge is -2.32. The van der Waals surface area contributed by atoms with Gasteiger partial charge in [0.15, 0.2) is 0 Å². The summed E-state index contributed by atoms with van der Waals surface area (Å²) < 4.78 is 27.7. The van der Waals surface area contributed by atoms with Crippen LogP contribution in [-0.4, -0.2) is 54.7 Å². The molecule has 1 amide bonds. The van der Waals surface area contributed by atoms with Crippen LogP contribution in [0.1, 0.15) is 32.1 Å². The topological polar surface area (TPSA) is 69.7 Å². The molecule has 3 fully saturated rings. The molecule has 2 unspecified atom stereocenters. The summed E-state index contributed by atoms with van der Waals surface area (Å²) in [5, 5.41) is 3.21. The van der Waals surface area contributed by atoms with E-state index in [0.29, 0.717) is 19.5 Å². The fraction of sp³-hybridized carbons (Fsp3) is 0.909. The summed E-state index contributed by atoms with van der Waals surface area (Å²) in [5.74, 6) is -0.247. The van der Waals surface area contributed by atoms with Crippen LogP contribution in [0.5, 0.6) is 0 Å². The molecule has 7 heteroatoms. The van der Waals surface area contributed by atoms with Crippen molar-refractivity contribution >= 4 is 16.1 Å². The maximum absolute atomic E-state index is 12.5. The van der Waals surface area contributed by atoms with Crippen LogP contribution >= 0.6 is 0 Å². The molecule has 3 saturated heterocycles. The third-order valence-electron chi connectivity index (χ3n) is 4.14. The summed E-state index contributed by atoms with van der Waals surface area (Å²) in [6.07, 6.45) is 3.93. The van der Waals surface area contributed by atoms with E-state index in [2.05, 4.69) is 5.32 Å². The fourth-order valence-corrected chi connectivity index (χ4v) is 5.12. The second-order valence-corrected chi connectivity index (χ2v) is 7.08. The summed E-state index contributed by atoms with van der Waals surface area (Å²) >= 11 is 0. The smallest absolute Gasteiger partial charge is 0.306 e. The van der Waals surface area contributed by atoms with Crippen LogP contribution in [0.3, 0.4) is 0 Å². The second-order valence-electron chi connectivity index (χ2n) is 5.28. The van der Waals surface area contributed by atoms with Gasteiger partial charge in [-0.25, -0.2) is 4.31 Å². The standard InChI is InChI=1S/C11H19N3O3S/c15-11-8-9-10(4-5-12-9)14(11)18(16,17)13-6-2-1-3-7-13/h9-10,12H,1-8H2. The molecule has 1 N–H and O–H groups in total. The summed E-state index contributed by atoms with van der Waals surface area (Å²) in [4.78, 5) is 12.0. The molecule has 18 heavy (non-hydrogen) atoms. The fourth-order valence-electron chi connectivity index (χ4n) is 3.23. The number of rotatable bonds is 2. The first-order valence-electron chi connectivity index (χ1n) is 6.66. The highest BCUT2D eigenvalue weighted by Crippen LogP contribution is 2.31. The average Bonchev–Trinajstić information content (AvgIpc) is 2.89. The normalized spacial score (nSPS) is 34.0. The van der Waals surface area contributed by atoms with Crippen LogP contribution in [0.2, 0.25) is 0 Å². The van der Waals surface area contributed by atoms with Gasteiger partial charge in [0.05, 0.1) is 6.04 Å². The number of nitrogens with zero attached hydrogens (tertiary/aromatic N) is 2. The van der Waals surface area contributed by atoms with Crippen LogP contribution in [0, 0.1) is 0 Å². The van der Waals surface area contributed by atoms with Crippen molar-refractivity contribution in [2.45, 2.75) is 44.2 Å². The van der Waals surface area contributed by atoms with E-state index < -0.39 is 10.2 Å². The van der Waals surface area contributed by atoms with Crippen molar-refractivity contribution in [2.24, 2.45) is 0 Å². The minimum absolute atomic E-state index is 0.0251. The molecule has 102 valence electrons. The van der Waals surface area contributed by atoms with Crippen molar-refractivity contribution < 1.29 is 13.2 Å². The molecule has 0 aromatic carbocycles. The zero-order valence-electron chi connectivity index (χ0n) is 10.3. The van der Waals surface area contributed by atoms with Crippen molar-refractivity contribution in [3.8, 4) is 0 Å². The number of carbonyl (C=O) groups is 1. The van der Waals surface area contributed by atoms with Gasteiger partial charge in [0.25, 0.3) is 0 Å². The SMILES string of the molecule is O=C1CC2NCCC2N1S(=O)(=O)N1CCCCC1. The molecular weight excluding hydrogens is 254 g/mol. The summed E-state index contributed by atoms with van der Waals surface area (Å²) in [6, 6.07) is -0.138. The van der Waals surface area contributed by atoms with Crippen molar-refractivity contribution in [1.82, 2.24) is 13.9 Å². The zero-order chi connectivity index (χ0) is 12.8. The molecule has 3 aliphatic rings. The highest BCUT2D eigenvalue weighted by atomic mass is 32.2. The highest BCUT2D eigenvalue weighted by Gasteiger charge is 2.49. The van der Waals surface area contributed by atoms with E-state index in [4.69, 9.17) is 0 Å². The lowest BCUT2D eigenvalue weighted by molar-refractivity contribution is -0.124. The first kappa shape index (κ1) is 12.4. The molecule has 0 saturated carbocycles. The van der Waals surface area contributed by atoms with Crippen LogP contribution < -0.4 is 5.32 Å².